The molecule has 1 amide bonds. The summed E-state index contributed by atoms with van der Waals surface area (Å²) in [6.07, 6.45) is 1.20. The van der Waals surface area contributed by atoms with Crippen LogP contribution < -0.4 is 10.1 Å². The van der Waals surface area contributed by atoms with E-state index in [1.165, 1.54) is 7.11 Å². The summed E-state index contributed by atoms with van der Waals surface area (Å²) in [6.45, 7) is 9.78. The summed E-state index contributed by atoms with van der Waals surface area (Å²) < 4.78 is 17.2. The molecule has 1 aromatic rings. The van der Waals surface area contributed by atoms with Crippen LogP contribution in [0.3, 0.4) is 0 Å². The lowest BCUT2D eigenvalue weighted by Crippen LogP contribution is -2.53. The smallest absolute Gasteiger partial charge is 0.410 e. The van der Waals surface area contributed by atoms with Gasteiger partial charge < -0.3 is 24.4 Å². The molecular weight excluding hydrogens is 514 g/mol. The van der Waals surface area contributed by atoms with E-state index >= 15 is 0 Å². The largest absolute Gasteiger partial charge is 0.475 e. The van der Waals surface area contributed by atoms with Crippen LogP contribution in [0, 0.1) is 5.92 Å². The summed E-state index contributed by atoms with van der Waals surface area (Å²) in [5.41, 5.74) is 0.181. The van der Waals surface area contributed by atoms with E-state index in [9.17, 15) is 9.59 Å². The zero-order chi connectivity index (χ0) is 24.2. The number of methoxy groups -OCH3 is 1. The number of benzene rings is 1. The van der Waals surface area contributed by atoms with Gasteiger partial charge in [0.1, 0.15) is 11.4 Å². The third kappa shape index (κ3) is 7.39. The number of amides is 1. The summed E-state index contributed by atoms with van der Waals surface area (Å²) in [7, 11) is 1.37. The molecule has 10 heteroatoms. The number of nitrogens with one attached hydrogen (secondary N) is 1. The van der Waals surface area contributed by atoms with Gasteiger partial charge in [0.25, 0.3) is 0 Å². The van der Waals surface area contributed by atoms with Gasteiger partial charge >= 0.3 is 12.1 Å². The van der Waals surface area contributed by atoms with Gasteiger partial charge in [-0.2, -0.15) is 0 Å². The first-order valence-electron chi connectivity index (χ1n) is 11.2. The van der Waals surface area contributed by atoms with Gasteiger partial charge in [0.15, 0.2) is 0 Å². The van der Waals surface area contributed by atoms with Crippen molar-refractivity contribution in [2.75, 3.05) is 51.7 Å². The lowest BCUT2D eigenvalue weighted by Gasteiger charge is -2.40. The number of hydrogen-bond acceptors (Lipinski definition) is 7. The number of rotatable bonds is 8. The number of carbonyl (C=O) groups is 2. The van der Waals surface area contributed by atoms with E-state index in [2.05, 4.69) is 26.1 Å². The molecule has 0 spiro atoms. The number of halogens is 2. The van der Waals surface area contributed by atoms with E-state index in [-0.39, 0.29) is 12.0 Å². The maximum atomic E-state index is 12.4. The topological polar surface area (TPSA) is 80.3 Å². The molecule has 2 saturated heterocycles. The van der Waals surface area contributed by atoms with Gasteiger partial charge in [-0.1, -0.05) is 11.6 Å². The van der Waals surface area contributed by atoms with E-state index in [1.54, 1.807) is 17.0 Å². The van der Waals surface area contributed by atoms with E-state index in [1.807, 2.05) is 20.8 Å². The Labute approximate surface area is 209 Å². The van der Waals surface area contributed by atoms with Gasteiger partial charge in [0.05, 0.1) is 17.8 Å². The molecule has 0 aromatic heterocycles. The number of esters is 1. The van der Waals surface area contributed by atoms with Crippen LogP contribution in [-0.2, 0) is 14.3 Å². The van der Waals surface area contributed by atoms with Gasteiger partial charge in [-0.25, -0.2) is 9.59 Å². The van der Waals surface area contributed by atoms with Crippen LogP contribution in [0.5, 0.6) is 5.75 Å². The molecule has 0 aliphatic carbocycles. The maximum Gasteiger partial charge on any atom is 0.410 e. The standard InChI is InChI=1S/C23H33BrClN3O5/c1-23(2,3)33-22(30)28-12-15(13-28)11-26-18-10-17(25)16(24)9-19(18)32-20(21(29)31-4)14-27-7-5-6-8-27/h9-10,15,20,26H,5-8,11-14H2,1-4H3. The molecule has 2 heterocycles. The molecule has 2 aliphatic heterocycles. The van der Waals surface area contributed by atoms with Crippen molar-refractivity contribution in [1.82, 2.24) is 9.80 Å². The summed E-state index contributed by atoms with van der Waals surface area (Å²) in [6, 6.07) is 3.54. The van der Waals surface area contributed by atoms with Crippen LogP contribution in [0.2, 0.25) is 5.02 Å². The van der Waals surface area contributed by atoms with Crippen molar-refractivity contribution in [3.8, 4) is 5.75 Å². The molecule has 1 N–H and O–H groups in total. The average molecular weight is 547 g/mol. The predicted molar refractivity (Wildman–Crippen MR) is 131 cm³/mol. The van der Waals surface area contributed by atoms with Crippen LogP contribution in [0.4, 0.5) is 10.5 Å². The Balaban J connectivity index is 1.62. The van der Waals surface area contributed by atoms with E-state index in [4.69, 9.17) is 25.8 Å². The van der Waals surface area contributed by atoms with Crippen LogP contribution in [0.25, 0.3) is 0 Å². The lowest BCUT2D eigenvalue weighted by atomic mass is 10.0. The second-order valence-electron chi connectivity index (χ2n) is 9.53. The number of anilines is 1. The first-order chi connectivity index (χ1) is 15.6. The molecule has 1 aromatic carbocycles. The quantitative estimate of drug-likeness (QED) is 0.484. The molecule has 2 fully saturated rings. The Morgan fingerprint density at radius 3 is 2.52 bits per heavy atom. The minimum absolute atomic E-state index is 0.272. The zero-order valence-electron chi connectivity index (χ0n) is 19.7. The van der Waals surface area contributed by atoms with Gasteiger partial charge in [0.2, 0.25) is 6.10 Å². The highest BCUT2D eigenvalue weighted by Gasteiger charge is 2.34. The van der Waals surface area contributed by atoms with Gasteiger partial charge in [-0.3, -0.25) is 4.90 Å². The molecule has 8 nitrogen and oxygen atoms in total. The first kappa shape index (κ1) is 25.9. The van der Waals surface area contributed by atoms with Crippen molar-refractivity contribution in [1.29, 1.82) is 0 Å². The molecule has 184 valence electrons. The molecule has 1 atom stereocenters. The zero-order valence-corrected chi connectivity index (χ0v) is 22.0. The maximum absolute atomic E-state index is 12.4. The van der Waals surface area contributed by atoms with Gasteiger partial charge in [0, 0.05) is 36.6 Å². The highest BCUT2D eigenvalue weighted by Crippen LogP contribution is 2.36. The van der Waals surface area contributed by atoms with Gasteiger partial charge in [-0.05, 0) is 74.8 Å². The highest BCUT2D eigenvalue weighted by molar-refractivity contribution is 9.10. The number of likely N-dealkylation sites (tertiary alicyclic amines) is 2. The van der Waals surface area contributed by atoms with Crippen LogP contribution in [0.15, 0.2) is 16.6 Å². The second kappa shape index (κ2) is 11.1. The summed E-state index contributed by atoms with van der Waals surface area (Å²) in [4.78, 5) is 28.4. The predicted octanol–water partition coefficient (Wildman–Crippen LogP) is 4.40. The number of hydrogen-bond donors (Lipinski definition) is 1. The van der Waals surface area contributed by atoms with Gasteiger partial charge in [-0.15, -0.1) is 0 Å². The molecular formula is C23H33BrClN3O5. The van der Waals surface area contributed by atoms with Crippen LogP contribution in [-0.4, -0.2) is 79.9 Å². The number of carbonyl (C=O) groups excluding carboxylic acids is 2. The molecule has 0 bridgehead atoms. The summed E-state index contributed by atoms with van der Waals surface area (Å²) in [5, 5.41) is 3.90. The lowest BCUT2D eigenvalue weighted by molar-refractivity contribution is -0.149. The molecule has 0 radical (unpaired) electrons. The van der Waals surface area contributed by atoms with Crippen molar-refractivity contribution in [3.63, 3.8) is 0 Å². The normalized spacial score (nSPS) is 17.9. The summed E-state index contributed by atoms with van der Waals surface area (Å²) >= 11 is 9.77. The Morgan fingerprint density at radius 1 is 1.24 bits per heavy atom. The SMILES string of the molecule is COC(=O)C(CN1CCCC1)Oc1cc(Br)c(Cl)cc1NCC1CN(C(=O)OC(C)(C)C)C1. The summed E-state index contributed by atoms with van der Waals surface area (Å²) in [5.74, 6) is 0.379. The van der Waals surface area contributed by atoms with Crippen molar-refractivity contribution < 1.29 is 23.8 Å². The number of nitrogens with zero attached hydrogens (tertiary/aromatic N) is 2. The van der Waals surface area contributed by atoms with Crippen molar-refractivity contribution in [3.05, 3.63) is 21.6 Å². The van der Waals surface area contributed by atoms with Crippen molar-refractivity contribution in [2.45, 2.75) is 45.3 Å². The molecule has 3 rings (SSSR count). The first-order valence-corrected chi connectivity index (χ1v) is 12.4. The fourth-order valence-corrected chi connectivity index (χ4v) is 4.32. The van der Waals surface area contributed by atoms with E-state index in [0.29, 0.717) is 47.1 Å². The Morgan fingerprint density at radius 2 is 1.91 bits per heavy atom. The Kier molecular flexibility index (Phi) is 8.75. The van der Waals surface area contributed by atoms with Crippen LogP contribution >= 0.6 is 27.5 Å². The van der Waals surface area contributed by atoms with Crippen molar-refractivity contribution in [2.24, 2.45) is 5.92 Å². The Bertz CT molecular complexity index is 851. The van der Waals surface area contributed by atoms with E-state index < -0.39 is 17.7 Å². The fourth-order valence-electron chi connectivity index (χ4n) is 3.84. The average Bonchev–Trinajstić information content (AvgIpc) is 3.20. The van der Waals surface area contributed by atoms with Crippen molar-refractivity contribution >= 4 is 45.3 Å². The third-order valence-electron chi connectivity index (χ3n) is 5.57. The number of ether oxygens (including phenoxy) is 3. The monoisotopic (exact) mass is 545 g/mol. The minimum atomic E-state index is -0.743. The molecule has 1 unspecified atom stereocenters. The second-order valence-corrected chi connectivity index (χ2v) is 10.8. The molecule has 0 saturated carbocycles. The van der Waals surface area contributed by atoms with Crippen LogP contribution in [0.1, 0.15) is 33.6 Å². The fraction of sp³-hybridized carbons (Fsp3) is 0.652. The molecule has 2 aliphatic rings. The minimum Gasteiger partial charge on any atom is -0.475 e. The van der Waals surface area contributed by atoms with E-state index in [0.717, 1.165) is 25.9 Å². The third-order valence-corrected chi connectivity index (χ3v) is 6.77. The Hall–Kier alpha value is -1.71. The molecule has 33 heavy (non-hydrogen) atoms. The highest BCUT2D eigenvalue weighted by atomic mass is 79.9.